The van der Waals surface area contributed by atoms with Gasteiger partial charge in [-0.05, 0) is 63.6 Å². The first-order chi connectivity index (χ1) is 12.9. The van der Waals surface area contributed by atoms with Gasteiger partial charge in [0, 0.05) is 16.1 Å². The lowest BCUT2D eigenvalue weighted by atomic mass is 10.1. The third-order valence-corrected chi connectivity index (χ3v) is 5.87. The number of hydrogen-bond donors (Lipinski definition) is 2. The number of methoxy groups -OCH3 is 1. The Morgan fingerprint density at radius 3 is 2.39 bits per heavy atom. The van der Waals surface area contributed by atoms with Crippen molar-refractivity contribution in [3.8, 4) is 5.75 Å². The molecule has 0 fully saturated rings. The Bertz CT molecular complexity index is 968. The minimum Gasteiger partial charge on any atom is -0.495 e. The zero-order valence-electron chi connectivity index (χ0n) is 16.5. The maximum absolute atomic E-state index is 12.7. The first-order valence-electron chi connectivity index (χ1n) is 8.71. The number of nitrogens with one attached hydrogen (secondary N) is 2. The lowest BCUT2D eigenvalue weighted by Gasteiger charge is -2.21. The Balaban J connectivity index is 2.32. The van der Waals surface area contributed by atoms with Crippen LogP contribution in [-0.2, 0) is 10.0 Å². The minimum atomic E-state index is -3.88. The quantitative estimate of drug-likeness (QED) is 0.736. The van der Waals surface area contributed by atoms with Crippen LogP contribution < -0.4 is 14.8 Å². The van der Waals surface area contributed by atoms with Gasteiger partial charge < -0.3 is 10.1 Å². The molecule has 0 saturated heterocycles. The van der Waals surface area contributed by atoms with Gasteiger partial charge in [0.2, 0.25) is 10.0 Å². The highest BCUT2D eigenvalue weighted by Crippen LogP contribution is 2.26. The Morgan fingerprint density at radius 2 is 1.82 bits per heavy atom. The molecule has 152 valence electrons. The van der Waals surface area contributed by atoms with Crippen molar-refractivity contribution in [2.24, 2.45) is 0 Å². The Labute approximate surface area is 171 Å². The van der Waals surface area contributed by atoms with Gasteiger partial charge >= 0.3 is 0 Å². The fourth-order valence-electron chi connectivity index (χ4n) is 2.63. The molecule has 0 radical (unpaired) electrons. The van der Waals surface area contributed by atoms with Crippen molar-refractivity contribution in [2.75, 3.05) is 7.11 Å². The highest BCUT2D eigenvalue weighted by atomic mass is 35.5. The van der Waals surface area contributed by atoms with E-state index in [9.17, 15) is 13.2 Å². The molecule has 0 saturated carbocycles. The summed E-state index contributed by atoms with van der Waals surface area (Å²) in [6, 6.07) is 11.2. The largest absolute Gasteiger partial charge is 0.495 e. The molecule has 2 aromatic rings. The van der Waals surface area contributed by atoms with E-state index in [4.69, 9.17) is 16.3 Å². The van der Waals surface area contributed by atoms with Gasteiger partial charge in [0.25, 0.3) is 5.91 Å². The van der Waals surface area contributed by atoms with Crippen LogP contribution in [0.5, 0.6) is 5.75 Å². The van der Waals surface area contributed by atoms with Gasteiger partial charge in [0.15, 0.2) is 0 Å². The summed E-state index contributed by atoms with van der Waals surface area (Å²) in [5, 5.41) is 3.42. The van der Waals surface area contributed by atoms with Crippen LogP contribution in [0.3, 0.4) is 0 Å². The van der Waals surface area contributed by atoms with Gasteiger partial charge in [0.05, 0.1) is 13.2 Å². The van der Waals surface area contributed by atoms with E-state index in [2.05, 4.69) is 10.0 Å². The summed E-state index contributed by atoms with van der Waals surface area (Å²) in [5.74, 6) is -0.237. The van der Waals surface area contributed by atoms with Gasteiger partial charge in [-0.1, -0.05) is 23.7 Å². The normalized spacial score (nSPS) is 13.1. The summed E-state index contributed by atoms with van der Waals surface area (Å²) in [5.41, 5.74) is 0.379. The van der Waals surface area contributed by atoms with Crippen LogP contribution in [0.25, 0.3) is 0 Å². The average Bonchev–Trinajstić information content (AvgIpc) is 2.59. The highest BCUT2D eigenvalue weighted by Gasteiger charge is 2.26. The molecule has 0 aliphatic carbocycles. The van der Waals surface area contributed by atoms with Crippen molar-refractivity contribution in [3.05, 3.63) is 58.6 Å². The van der Waals surface area contributed by atoms with Crippen LogP contribution in [0.4, 0.5) is 0 Å². The van der Waals surface area contributed by atoms with Crippen molar-refractivity contribution in [3.63, 3.8) is 0 Å². The van der Waals surface area contributed by atoms with E-state index < -0.39 is 21.5 Å². The second kappa shape index (κ2) is 8.51. The molecule has 0 aliphatic rings. The van der Waals surface area contributed by atoms with Gasteiger partial charge in [-0.15, -0.1) is 0 Å². The van der Waals surface area contributed by atoms with Crippen LogP contribution in [0, 0.1) is 0 Å². The molecule has 2 N–H and O–H groups in total. The molecule has 6 nitrogen and oxygen atoms in total. The van der Waals surface area contributed by atoms with Crippen molar-refractivity contribution in [1.29, 1.82) is 0 Å². The summed E-state index contributed by atoms with van der Waals surface area (Å²) >= 11 is 6.00. The van der Waals surface area contributed by atoms with Crippen LogP contribution in [0.15, 0.2) is 47.4 Å². The molecular formula is C20H25ClN2O4S. The number of sulfonamides is 1. The number of carbonyl (C=O) groups excluding carboxylic acids is 1. The van der Waals surface area contributed by atoms with E-state index in [1.807, 2.05) is 13.0 Å². The molecule has 1 atom stereocenters. The van der Waals surface area contributed by atoms with Crippen molar-refractivity contribution < 1.29 is 17.9 Å². The SMILES string of the molecule is COc1ccc(C(=O)NC(C)c2cccc(Cl)c2)cc1S(=O)(=O)NC(C)(C)C. The number of hydrogen-bond acceptors (Lipinski definition) is 4. The molecular weight excluding hydrogens is 400 g/mol. The Kier molecular flexibility index (Phi) is 6.75. The molecule has 1 amide bonds. The number of rotatable bonds is 6. The standard InChI is InChI=1S/C20H25ClN2O4S/c1-13(14-7-6-8-16(21)11-14)22-19(24)15-9-10-17(27-5)18(12-15)28(25,26)23-20(2,3)4/h6-13,23H,1-5H3,(H,22,24). The molecule has 0 heterocycles. The van der Waals surface area contributed by atoms with Crippen molar-refractivity contribution >= 4 is 27.5 Å². The van der Waals surface area contributed by atoms with Crippen LogP contribution in [0.2, 0.25) is 5.02 Å². The topological polar surface area (TPSA) is 84.5 Å². The second-order valence-electron chi connectivity index (χ2n) is 7.47. The van der Waals surface area contributed by atoms with Gasteiger partial charge in [-0.25, -0.2) is 13.1 Å². The first-order valence-corrected chi connectivity index (χ1v) is 10.6. The van der Waals surface area contributed by atoms with E-state index in [-0.39, 0.29) is 22.3 Å². The van der Waals surface area contributed by atoms with Gasteiger partial charge in [0.1, 0.15) is 10.6 Å². The zero-order valence-corrected chi connectivity index (χ0v) is 18.1. The lowest BCUT2D eigenvalue weighted by Crippen LogP contribution is -2.40. The summed E-state index contributed by atoms with van der Waals surface area (Å²) in [6.07, 6.45) is 0. The first kappa shape index (κ1) is 22.2. The van der Waals surface area contributed by atoms with Crippen molar-refractivity contribution in [2.45, 2.75) is 44.2 Å². The maximum Gasteiger partial charge on any atom is 0.251 e. The van der Waals surface area contributed by atoms with Gasteiger partial charge in [-0.3, -0.25) is 4.79 Å². The summed E-state index contributed by atoms with van der Waals surface area (Å²) in [4.78, 5) is 12.6. The number of carbonyl (C=O) groups is 1. The summed E-state index contributed by atoms with van der Waals surface area (Å²) in [7, 11) is -2.49. The molecule has 2 rings (SSSR count). The zero-order chi connectivity index (χ0) is 21.1. The molecule has 0 spiro atoms. The summed E-state index contributed by atoms with van der Waals surface area (Å²) < 4.78 is 33.2. The fraction of sp³-hybridized carbons (Fsp3) is 0.350. The van der Waals surface area contributed by atoms with E-state index in [0.29, 0.717) is 5.02 Å². The van der Waals surface area contributed by atoms with E-state index in [1.54, 1.807) is 39.0 Å². The van der Waals surface area contributed by atoms with E-state index in [1.165, 1.54) is 25.3 Å². The number of halogens is 1. The molecule has 28 heavy (non-hydrogen) atoms. The second-order valence-corrected chi connectivity index (χ2v) is 9.56. The lowest BCUT2D eigenvalue weighted by molar-refractivity contribution is 0.0939. The van der Waals surface area contributed by atoms with E-state index in [0.717, 1.165) is 5.56 Å². The predicted molar refractivity (Wildman–Crippen MR) is 110 cm³/mol. The van der Waals surface area contributed by atoms with Crippen LogP contribution in [-0.4, -0.2) is 27.0 Å². The monoisotopic (exact) mass is 424 g/mol. The molecule has 0 bridgehead atoms. The van der Waals surface area contributed by atoms with Crippen LogP contribution >= 0.6 is 11.6 Å². The third kappa shape index (κ3) is 5.70. The number of amides is 1. The third-order valence-electron chi connectivity index (χ3n) is 3.85. The van der Waals surface area contributed by atoms with Crippen molar-refractivity contribution in [1.82, 2.24) is 10.0 Å². The molecule has 8 heteroatoms. The Hall–Kier alpha value is -2.09. The number of benzene rings is 2. The molecule has 2 aromatic carbocycles. The molecule has 0 aromatic heterocycles. The molecule has 1 unspecified atom stereocenters. The Morgan fingerprint density at radius 1 is 1.14 bits per heavy atom. The number of ether oxygens (including phenoxy) is 1. The van der Waals surface area contributed by atoms with Gasteiger partial charge in [-0.2, -0.15) is 0 Å². The maximum atomic E-state index is 12.7. The smallest absolute Gasteiger partial charge is 0.251 e. The fourth-order valence-corrected chi connectivity index (χ4v) is 4.44. The van der Waals surface area contributed by atoms with E-state index >= 15 is 0 Å². The molecule has 0 aliphatic heterocycles. The highest BCUT2D eigenvalue weighted by molar-refractivity contribution is 7.89. The predicted octanol–water partition coefficient (Wildman–Crippen LogP) is 3.92. The minimum absolute atomic E-state index is 0.0898. The summed E-state index contributed by atoms with van der Waals surface area (Å²) in [6.45, 7) is 7.03. The average molecular weight is 425 g/mol. The van der Waals surface area contributed by atoms with Crippen LogP contribution in [0.1, 0.15) is 49.7 Å².